The highest BCUT2D eigenvalue weighted by Gasteiger charge is 2.31. The molecular weight excluding hydrogens is 412 g/mol. The molecule has 0 aliphatic rings. The minimum atomic E-state index is -1.58. The maximum absolute atomic E-state index is 12.5. The van der Waals surface area contributed by atoms with E-state index in [2.05, 4.69) is 10.6 Å². The van der Waals surface area contributed by atoms with Gasteiger partial charge in [-0.25, -0.2) is 0 Å². The van der Waals surface area contributed by atoms with Gasteiger partial charge in [0, 0.05) is 0 Å². The van der Waals surface area contributed by atoms with Crippen molar-refractivity contribution in [2.45, 2.75) is 44.0 Å². The second kappa shape index (κ2) is 12.2. The fourth-order valence-corrected chi connectivity index (χ4v) is 2.56. The van der Waals surface area contributed by atoms with Gasteiger partial charge in [-0.1, -0.05) is 30.3 Å². The van der Waals surface area contributed by atoms with Crippen molar-refractivity contribution in [3.63, 3.8) is 0 Å². The first kappa shape index (κ1) is 25.5. The third-order valence-electron chi connectivity index (χ3n) is 4.12. The average Bonchev–Trinajstić information content (AvgIpc) is 2.69. The molecular formula is C19H26N4O8. The zero-order valence-electron chi connectivity index (χ0n) is 16.8. The highest BCUT2D eigenvalue weighted by atomic mass is 16.4. The molecule has 0 saturated carbocycles. The molecule has 0 aromatic heterocycles. The summed E-state index contributed by atoms with van der Waals surface area (Å²) >= 11 is 0. The number of amides is 3. The summed E-state index contributed by atoms with van der Waals surface area (Å²) in [6, 6.07) is 4.57. The molecule has 0 saturated heterocycles. The van der Waals surface area contributed by atoms with E-state index in [1.54, 1.807) is 30.3 Å². The maximum atomic E-state index is 12.5. The van der Waals surface area contributed by atoms with Gasteiger partial charge in [0.1, 0.15) is 18.6 Å². The summed E-state index contributed by atoms with van der Waals surface area (Å²) in [5.41, 5.74) is 6.60. The van der Waals surface area contributed by atoms with Crippen molar-refractivity contribution in [2.75, 3.05) is 6.54 Å². The smallest absolute Gasteiger partial charge is 0.322 e. The van der Waals surface area contributed by atoms with Crippen LogP contribution in [-0.2, 0) is 30.4 Å². The lowest BCUT2D eigenvalue weighted by molar-refractivity contribution is -0.142. The topological polar surface area (TPSA) is 208 Å². The normalized spacial score (nSPS) is 14.4. The molecule has 31 heavy (non-hydrogen) atoms. The third kappa shape index (κ3) is 9.23. The molecule has 0 heterocycles. The Labute approximate surface area is 177 Å². The number of nitrogens with two attached hydrogens (primary N) is 1. The number of hydrogen-bond donors (Lipinski definition) is 7. The SMILES string of the molecule is CC(O)C(NC(=O)C(CC(=O)O)NC(=O)C(N)Cc1ccccc1)C(=O)NCC(=O)O. The highest BCUT2D eigenvalue weighted by Crippen LogP contribution is 2.04. The largest absolute Gasteiger partial charge is 0.481 e. The van der Waals surface area contributed by atoms with Crippen LogP contribution in [0.1, 0.15) is 18.9 Å². The number of hydrogen-bond acceptors (Lipinski definition) is 7. The molecule has 4 unspecified atom stereocenters. The van der Waals surface area contributed by atoms with Crippen LogP contribution in [0.4, 0.5) is 0 Å². The van der Waals surface area contributed by atoms with E-state index in [1.165, 1.54) is 6.92 Å². The first-order valence-electron chi connectivity index (χ1n) is 9.30. The number of aliphatic hydroxyl groups is 1. The van der Waals surface area contributed by atoms with Crippen molar-refractivity contribution >= 4 is 29.7 Å². The van der Waals surface area contributed by atoms with Crippen molar-refractivity contribution in [1.82, 2.24) is 16.0 Å². The van der Waals surface area contributed by atoms with E-state index in [-0.39, 0.29) is 6.42 Å². The summed E-state index contributed by atoms with van der Waals surface area (Å²) in [6.07, 6.45) is -2.10. The van der Waals surface area contributed by atoms with Crippen molar-refractivity contribution in [3.05, 3.63) is 35.9 Å². The van der Waals surface area contributed by atoms with Crippen LogP contribution >= 0.6 is 0 Å². The second-order valence-electron chi connectivity index (χ2n) is 6.79. The van der Waals surface area contributed by atoms with E-state index in [1.807, 2.05) is 5.32 Å². The first-order chi connectivity index (χ1) is 14.5. The van der Waals surface area contributed by atoms with E-state index in [4.69, 9.17) is 15.9 Å². The highest BCUT2D eigenvalue weighted by molar-refractivity contribution is 5.95. The molecule has 0 aliphatic heterocycles. The van der Waals surface area contributed by atoms with Crippen LogP contribution < -0.4 is 21.7 Å². The number of carbonyl (C=O) groups excluding carboxylic acids is 3. The zero-order chi connectivity index (χ0) is 23.6. The Morgan fingerprint density at radius 2 is 1.55 bits per heavy atom. The van der Waals surface area contributed by atoms with Crippen LogP contribution in [0, 0.1) is 0 Å². The van der Waals surface area contributed by atoms with E-state index in [0.29, 0.717) is 0 Å². The van der Waals surface area contributed by atoms with Gasteiger partial charge in [-0.3, -0.25) is 24.0 Å². The fourth-order valence-electron chi connectivity index (χ4n) is 2.56. The zero-order valence-corrected chi connectivity index (χ0v) is 16.8. The monoisotopic (exact) mass is 438 g/mol. The summed E-state index contributed by atoms with van der Waals surface area (Å²) in [6.45, 7) is 0.424. The lowest BCUT2D eigenvalue weighted by atomic mass is 10.0. The Kier molecular flexibility index (Phi) is 10.1. The Balaban J connectivity index is 2.84. The van der Waals surface area contributed by atoms with E-state index in [9.17, 15) is 29.1 Å². The Hall–Kier alpha value is -3.51. The number of carboxylic acid groups (broad SMARTS) is 2. The van der Waals surface area contributed by atoms with Crippen LogP contribution in [-0.4, -0.2) is 75.8 Å². The van der Waals surface area contributed by atoms with Crippen molar-refractivity contribution in [2.24, 2.45) is 5.73 Å². The first-order valence-corrected chi connectivity index (χ1v) is 9.30. The second-order valence-corrected chi connectivity index (χ2v) is 6.79. The average molecular weight is 438 g/mol. The molecule has 0 radical (unpaired) electrons. The van der Waals surface area contributed by atoms with Gasteiger partial charge < -0.3 is 37.0 Å². The summed E-state index contributed by atoms with van der Waals surface area (Å²) < 4.78 is 0. The minimum absolute atomic E-state index is 0.141. The molecule has 1 rings (SSSR count). The fraction of sp³-hybridized carbons (Fsp3) is 0.421. The van der Waals surface area contributed by atoms with Crippen molar-refractivity contribution < 1.29 is 39.3 Å². The Bertz CT molecular complexity index is 799. The molecule has 12 heteroatoms. The Morgan fingerprint density at radius 3 is 2.06 bits per heavy atom. The standard InChI is InChI=1S/C19H26N4O8/c1-10(24)16(19(31)21-9-15(27)28)23-18(30)13(8-14(25)26)22-17(29)12(20)7-11-5-3-2-4-6-11/h2-6,10,12-13,16,24H,7-9,20H2,1H3,(H,21,31)(H,22,29)(H,23,30)(H,25,26)(H,27,28). The molecule has 4 atom stereocenters. The molecule has 0 aliphatic carbocycles. The molecule has 0 fully saturated rings. The molecule has 12 nitrogen and oxygen atoms in total. The van der Waals surface area contributed by atoms with Gasteiger partial charge in [-0.15, -0.1) is 0 Å². The van der Waals surface area contributed by atoms with Gasteiger partial charge in [-0.05, 0) is 18.9 Å². The van der Waals surface area contributed by atoms with Gasteiger partial charge in [0.25, 0.3) is 0 Å². The minimum Gasteiger partial charge on any atom is -0.481 e. The number of carbonyl (C=O) groups is 5. The van der Waals surface area contributed by atoms with Crippen molar-refractivity contribution in [1.29, 1.82) is 0 Å². The molecule has 1 aromatic rings. The van der Waals surface area contributed by atoms with E-state index in [0.717, 1.165) is 5.56 Å². The molecule has 0 bridgehead atoms. The molecule has 8 N–H and O–H groups in total. The maximum Gasteiger partial charge on any atom is 0.322 e. The predicted molar refractivity (Wildman–Crippen MR) is 107 cm³/mol. The van der Waals surface area contributed by atoms with Crippen LogP contribution in [0.15, 0.2) is 30.3 Å². The number of benzene rings is 1. The summed E-state index contributed by atoms with van der Waals surface area (Å²) in [7, 11) is 0. The molecule has 0 spiro atoms. The van der Waals surface area contributed by atoms with E-state index >= 15 is 0 Å². The van der Waals surface area contributed by atoms with Crippen molar-refractivity contribution in [3.8, 4) is 0 Å². The molecule has 170 valence electrons. The van der Waals surface area contributed by atoms with E-state index < -0.39 is 66.9 Å². The lowest BCUT2D eigenvalue weighted by Crippen LogP contribution is -2.59. The summed E-state index contributed by atoms with van der Waals surface area (Å²) in [5, 5.41) is 33.8. The number of nitrogens with one attached hydrogen (secondary N) is 3. The van der Waals surface area contributed by atoms with Gasteiger partial charge in [-0.2, -0.15) is 0 Å². The predicted octanol–water partition coefficient (Wildman–Crippen LogP) is -2.42. The lowest BCUT2D eigenvalue weighted by Gasteiger charge is -2.24. The number of aliphatic hydroxyl groups excluding tert-OH is 1. The summed E-state index contributed by atoms with van der Waals surface area (Å²) in [5.74, 6) is -5.58. The third-order valence-corrected chi connectivity index (χ3v) is 4.12. The molecule has 1 aromatic carbocycles. The van der Waals surface area contributed by atoms with Crippen LogP contribution in [0.25, 0.3) is 0 Å². The Morgan fingerprint density at radius 1 is 0.935 bits per heavy atom. The van der Waals surface area contributed by atoms with Gasteiger partial charge in [0.2, 0.25) is 17.7 Å². The molecule has 3 amide bonds. The van der Waals surface area contributed by atoms with Crippen LogP contribution in [0.5, 0.6) is 0 Å². The van der Waals surface area contributed by atoms with Gasteiger partial charge in [0.05, 0.1) is 18.6 Å². The quantitative estimate of drug-likeness (QED) is 0.185. The van der Waals surface area contributed by atoms with Gasteiger partial charge in [0.15, 0.2) is 0 Å². The van der Waals surface area contributed by atoms with Crippen LogP contribution in [0.2, 0.25) is 0 Å². The number of rotatable bonds is 12. The van der Waals surface area contributed by atoms with Gasteiger partial charge >= 0.3 is 11.9 Å². The summed E-state index contributed by atoms with van der Waals surface area (Å²) in [4.78, 5) is 58.6. The number of aliphatic carboxylic acids is 2. The van der Waals surface area contributed by atoms with Crippen LogP contribution in [0.3, 0.4) is 0 Å². The number of carboxylic acids is 2.